The summed E-state index contributed by atoms with van der Waals surface area (Å²) in [6.07, 6.45) is 3.63. The molecule has 0 radical (unpaired) electrons. The van der Waals surface area contributed by atoms with E-state index in [1.54, 1.807) is 18.0 Å². The van der Waals surface area contributed by atoms with Gasteiger partial charge >= 0.3 is 0 Å². The predicted molar refractivity (Wildman–Crippen MR) is 77.7 cm³/mol. The average molecular weight is 280 g/mol. The number of rotatable bonds is 5. The van der Waals surface area contributed by atoms with Crippen LogP contribution in [0.3, 0.4) is 0 Å². The molecule has 0 aromatic carbocycles. The van der Waals surface area contributed by atoms with E-state index in [1.807, 2.05) is 26.4 Å². The molecule has 6 heteroatoms. The van der Waals surface area contributed by atoms with Gasteiger partial charge in [-0.2, -0.15) is 0 Å². The van der Waals surface area contributed by atoms with Crippen LogP contribution >= 0.6 is 11.8 Å². The molecule has 1 fully saturated rings. The van der Waals surface area contributed by atoms with Gasteiger partial charge in [0, 0.05) is 31.2 Å². The third-order valence-electron chi connectivity index (χ3n) is 3.22. The fourth-order valence-corrected chi connectivity index (χ4v) is 3.68. The lowest BCUT2D eigenvalue weighted by Crippen LogP contribution is -2.45. The molecular weight excluding hydrogens is 260 g/mol. The molecule has 2 N–H and O–H groups in total. The van der Waals surface area contributed by atoms with E-state index in [2.05, 4.69) is 20.9 Å². The molecular formula is C13H20N4OS. The zero-order chi connectivity index (χ0) is 13.8. The monoisotopic (exact) mass is 280 g/mol. The fourth-order valence-electron chi connectivity index (χ4n) is 2.18. The van der Waals surface area contributed by atoms with Gasteiger partial charge in [0.1, 0.15) is 0 Å². The molecule has 1 aliphatic rings. The van der Waals surface area contributed by atoms with Crippen LogP contribution in [0.15, 0.2) is 24.5 Å². The summed E-state index contributed by atoms with van der Waals surface area (Å²) in [5, 5.41) is 0.172. The van der Waals surface area contributed by atoms with Crippen LogP contribution in [0, 0.1) is 0 Å². The Morgan fingerprint density at radius 3 is 3.00 bits per heavy atom. The summed E-state index contributed by atoms with van der Waals surface area (Å²) in [6.45, 7) is 1.73. The summed E-state index contributed by atoms with van der Waals surface area (Å²) in [5.41, 5.74) is 6.65. The number of likely N-dealkylation sites (N-methyl/N-ethyl adjacent to an activating group) is 1. The molecule has 1 aromatic rings. The molecule has 0 spiro atoms. The second-order valence-electron chi connectivity index (χ2n) is 4.93. The van der Waals surface area contributed by atoms with Crippen molar-refractivity contribution < 1.29 is 4.79 Å². The van der Waals surface area contributed by atoms with Crippen LogP contribution in [0.5, 0.6) is 0 Å². The van der Waals surface area contributed by atoms with Crippen molar-refractivity contribution in [3.8, 4) is 0 Å². The quantitative estimate of drug-likeness (QED) is 0.853. The molecule has 0 saturated carbocycles. The summed E-state index contributed by atoms with van der Waals surface area (Å²) in [4.78, 5) is 20.0. The molecule has 2 atom stereocenters. The molecule has 104 valence electrons. The second kappa shape index (κ2) is 6.36. The van der Waals surface area contributed by atoms with Gasteiger partial charge in [0.15, 0.2) is 0 Å². The van der Waals surface area contributed by atoms with Gasteiger partial charge in [-0.15, -0.1) is 11.8 Å². The minimum Gasteiger partial charge on any atom is -0.368 e. The van der Waals surface area contributed by atoms with Crippen LogP contribution in [0.2, 0.25) is 0 Å². The van der Waals surface area contributed by atoms with Crippen LogP contribution in [0.1, 0.15) is 10.9 Å². The van der Waals surface area contributed by atoms with Crippen LogP contribution in [-0.2, 0) is 4.79 Å². The van der Waals surface area contributed by atoms with Crippen molar-refractivity contribution in [1.29, 1.82) is 0 Å². The van der Waals surface area contributed by atoms with Gasteiger partial charge in [0.2, 0.25) is 5.91 Å². The lowest BCUT2D eigenvalue weighted by Gasteiger charge is -2.28. The lowest BCUT2D eigenvalue weighted by atomic mass is 10.2. The van der Waals surface area contributed by atoms with Gasteiger partial charge < -0.3 is 10.6 Å². The van der Waals surface area contributed by atoms with Crippen molar-refractivity contribution in [2.75, 3.05) is 32.9 Å². The zero-order valence-corrected chi connectivity index (χ0v) is 12.1. The molecule has 2 rings (SSSR count). The summed E-state index contributed by atoms with van der Waals surface area (Å²) in [6, 6.07) is 3.80. The minimum atomic E-state index is -0.238. The van der Waals surface area contributed by atoms with Crippen LogP contribution < -0.4 is 5.73 Å². The van der Waals surface area contributed by atoms with E-state index >= 15 is 0 Å². The first-order valence-corrected chi connectivity index (χ1v) is 7.36. The van der Waals surface area contributed by atoms with Gasteiger partial charge in [0.05, 0.1) is 11.4 Å². The van der Waals surface area contributed by atoms with Crippen molar-refractivity contribution in [3.63, 3.8) is 0 Å². The van der Waals surface area contributed by atoms with E-state index in [-0.39, 0.29) is 17.3 Å². The first-order chi connectivity index (χ1) is 9.09. The number of nitrogens with two attached hydrogens (primary N) is 1. The Labute approximate surface area is 118 Å². The zero-order valence-electron chi connectivity index (χ0n) is 11.3. The lowest BCUT2D eigenvalue weighted by molar-refractivity contribution is -0.122. The molecule has 1 aliphatic heterocycles. The number of thioether (sulfide) groups is 1. The highest BCUT2D eigenvalue weighted by Gasteiger charge is 2.37. The van der Waals surface area contributed by atoms with Gasteiger partial charge in [-0.3, -0.25) is 14.7 Å². The molecule has 2 heterocycles. The third-order valence-corrected chi connectivity index (χ3v) is 4.58. The standard InChI is InChI=1S/C13H20N4OS/c1-16(2)6-7-17-11(12(14)18)9-19-13(17)10-4-3-5-15-8-10/h3-5,8,11,13H,6-7,9H2,1-2H3,(H2,14,18). The van der Waals surface area contributed by atoms with E-state index in [4.69, 9.17) is 5.73 Å². The summed E-state index contributed by atoms with van der Waals surface area (Å²) in [5.74, 6) is 0.514. The van der Waals surface area contributed by atoms with Gasteiger partial charge in [-0.25, -0.2) is 0 Å². The SMILES string of the molecule is CN(C)CCN1C(C(N)=O)CSC1c1cccnc1. The summed E-state index contributed by atoms with van der Waals surface area (Å²) >= 11 is 1.76. The number of hydrogen-bond acceptors (Lipinski definition) is 5. The highest BCUT2D eigenvalue weighted by Crippen LogP contribution is 2.40. The fraction of sp³-hybridized carbons (Fsp3) is 0.538. The number of hydrogen-bond donors (Lipinski definition) is 1. The number of aromatic nitrogens is 1. The highest BCUT2D eigenvalue weighted by atomic mass is 32.2. The maximum Gasteiger partial charge on any atom is 0.235 e. The molecule has 0 bridgehead atoms. The van der Waals surface area contributed by atoms with Crippen molar-refractivity contribution >= 4 is 17.7 Å². The van der Waals surface area contributed by atoms with Crippen LogP contribution in [-0.4, -0.2) is 59.7 Å². The first-order valence-electron chi connectivity index (χ1n) is 6.31. The van der Waals surface area contributed by atoms with Gasteiger partial charge in [0.25, 0.3) is 0 Å². The second-order valence-corrected chi connectivity index (χ2v) is 6.04. The van der Waals surface area contributed by atoms with Crippen molar-refractivity contribution in [2.45, 2.75) is 11.4 Å². The van der Waals surface area contributed by atoms with E-state index in [0.717, 1.165) is 24.4 Å². The molecule has 19 heavy (non-hydrogen) atoms. The van der Waals surface area contributed by atoms with Crippen LogP contribution in [0.25, 0.3) is 0 Å². The van der Waals surface area contributed by atoms with E-state index < -0.39 is 0 Å². The maximum absolute atomic E-state index is 11.6. The van der Waals surface area contributed by atoms with E-state index in [9.17, 15) is 4.79 Å². The number of pyridine rings is 1. The average Bonchev–Trinajstić information content (AvgIpc) is 2.81. The Morgan fingerprint density at radius 1 is 1.63 bits per heavy atom. The Balaban J connectivity index is 2.15. The third kappa shape index (κ3) is 3.46. The number of nitrogens with zero attached hydrogens (tertiary/aromatic N) is 3. The Bertz CT molecular complexity index is 426. The number of primary amides is 1. The Kier molecular flexibility index (Phi) is 4.79. The molecule has 2 unspecified atom stereocenters. The number of amides is 1. The van der Waals surface area contributed by atoms with E-state index in [1.165, 1.54) is 0 Å². The van der Waals surface area contributed by atoms with Crippen molar-refractivity contribution in [1.82, 2.24) is 14.8 Å². The number of carbonyl (C=O) groups is 1. The predicted octanol–water partition coefficient (Wildman–Crippen LogP) is 0.545. The van der Waals surface area contributed by atoms with Crippen molar-refractivity contribution in [2.24, 2.45) is 5.73 Å². The van der Waals surface area contributed by atoms with Gasteiger partial charge in [-0.05, 0) is 25.7 Å². The van der Waals surface area contributed by atoms with Crippen LogP contribution in [0.4, 0.5) is 0 Å². The minimum absolute atomic E-state index is 0.172. The molecule has 1 aromatic heterocycles. The highest BCUT2D eigenvalue weighted by molar-refractivity contribution is 7.99. The summed E-state index contributed by atoms with van der Waals surface area (Å²) < 4.78 is 0. The Hall–Kier alpha value is -1.11. The van der Waals surface area contributed by atoms with Crippen molar-refractivity contribution in [3.05, 3.63) is 30.1 Å². The maximum atomic E-state index is 11.6. The molecule has 1 amide bonds. The molecule has 1 saturated heterocycles. The molecule has 5 nitrogen and oxygen atoms in total. The number of carbonyl (C=O) groups excluding carboxylic acids is 1. The Morgan fingerprint density at radius 2 is 2.42 bits per heavy atom. The van der Waals surface area contributed by atoms with Gasteiger partial charge in [-0.1, -0.05) is 6.07 Å². The smallest absolute Gasteiger partial charge is 0.235 e. The molecule has 0 aliphatic carbocycles. The van der Waals surface area contributed by atoms with E-state index in [0.29, 0.717) is 0 Å². The normalized spacial score (nSPS) is 23.9. The topological polar surface area (TPSA) is 62.5 Å². The largest absolute Gasteiger partial charge is 0.368 e. The summed E-state index contributed by atoms with van der Waals surface area (Å²) in [7, 11) is 4.06. The first kappa shape index (κ1) is 14.3.